The minimum absolute atomic E-state index is 0.117. The molecule has 6 heteroatoms. The summed E-state index contributed by atoms with van der Waals surface area (Å²) in [6, 6.07) is 18.5. The number of nitrogens with zero attached hydrogens (tertiary/aromatic N) is 5. The maximum atomic E-state index is 10.8. The highest BCUT2D eigenvalue weighted by molar-refractivity contribution is 5.89. The Morgan fingerprint density at radius 3 is 2.43 bits per heavy atom. The Balaban J connectivity index is 1.26. The molecule has 0 saturated carbocycles. The second-order valence-corrected chi connectivity index (χ2v) is 8.09. The van der Waals surface area contributed by atoms with E-state index >= 15 is 0 Å². The summed E-state index contributed by atoms with van der Waals surface area (Å²) in [5.74, 6) is 0.915. The van der Waals surface area contributed by atoms with E-state index in [0.717, 1.165) is 55.1 Å². The maximum Gasteiger partial charge on any atom is 0.140 e. The number of fused-ring (bicyclic) bond motifs is 1. The number of anilines is 1. The monoisotopic (exact) mass is 401 g/mol. The molecule has 0 spiro atoms. The molecular weight excluding hydrogens is 374 g/mol. The van der Waals surface area contributed by atoms with Gasteiger partial charge in [-0.1, -0.05) is 49.0 Å². The molecule has 3 aromatic rings. The van der Waals surface area contributed by atoms with E-state index in [9.17, 15) is 5.11 Å². The molecule has 3 heterocycles. The van der Waals surface area contributed by atoms with Crippen molar-refractivity contribution in [1.29, 1.82) is 0 Å². The van der Waals surface area contributed by atoms with Gasteiger partial charge in [-0.25, -0.2) is 9.97 Å². The third kappa shape index (κ3) is 3.53. The molecule has 2 fully saturated rings. The second-order valence-electron chi connectivity index (χ2n) is 8.09. The van der Waals surface area contributed by atoms with Crippen LogP contribution in [0, 0.1) is 0 Å². The van der Waals surface area contributed by atoms with Crippen LogP contribution in [0.25, 0.3) is 16.6 Å². The van der Waals surface area contributed by atoms with E-state index in [1.165, 1.54) is 5.56 Å². The first-order valence-electron chi connectivity index (χ1n) is 10.6. The van der Waals surface area contributed by atoms with Gasteiger partial charge in [0.25, 0.3) is 0 Å². The van der Waals surface area contributed by atoms with Crippen molar-refractivity contribution in [2.45, 2.75) is 12.1 Å². The molecule has 0 radical (unpaired) electrons. The molecule has 1 aromatic heterocycles. The van der Waals surface area contributed by atoms with Crippen molar-refractivity contribution in [2.24, 2.45) is 0 Å². The van der Waals surface area contributed by atoms with Crippen molar-refractivity contribution in [1.82, 2.24) is 19.8 Å². The first-order valence-corrected chi connectivity index (χ1v) is 10.6. The van der Waals surface area contributed by atoms with Gasteiger partial charge in [-0.05, 0) is 17.7 Å². The number of hydrogen-bond acceptors (Lipinski definition) is 6. The highest BCUT2D eigenvalue weighted by Gasteiger charge is 2.37. The molecule has 0 amide bonds. The van der Waals surface area contributed by atoms with Gasteiger partial charge in [-0.15, -0.1) is 0 Å². The fraction of sp³-hybridized carbons (Fsp3) is 0.333. The molecule has 0 bridgehead atoms. The molecule has 30 heavy (non-hydrogen) atoms. The van der Waals surface area contributed by atoms with E-state index in [-0.39, 0.29) is 12.1 Å². The Hall–Kier alpha value is -2.96. The first-order chi connectivity index (χ1) is 14.7. The predicted molar refractivity (Wildman–Crippen MR) is 120 cm³/mol. The van der Waals surface area contributed by atoms with Crippen molar-refractivity contribution in [2.75, 3.05) is 44.2 Å². The SMILES string of the molecule is C=C(c1ccccc1)N1CCN(C2CN(c3ncnc4ccccc34)CC2O)CC1. The Morgan fingerprint density at radius 2 is 1.63 bits per heavy atom. The predicted octanol–water partition coefficient (Wildman–Crippen LogP) is 2.47. The number of hydrogen-bond donors (Lipinski definition) is 1. The van der Waals surface area contributed by atoms with E-state index in [2.05, 4.69) is 61.6 Å². The van der Waals surface area contributed by atoms with Crippen LogP contribution in [0.1, 0.15) is 5.56 Å². The molecule has 5 rings (SSSR count). The van der Waals surface area contributed by atoms with Gasteiger partial charge in [0, 0.05) is 50.4 Å². The highest BCUT2D eigenvalue weighted by Crippen LogP contribution is 2.28. The third-order valence-electron chi connectivity index (χ3n) is 6.35. The van der Waals surface area contributed by atoms with Crippen molar-refractivity contribution in [3.05, 3.63) is 73.1 Å². The zero-order chi connectivity index (χ0) is 20.5. The van der Waals surface area contributed by atoms with E-state index < -0.39 is 0 Å². The van der Waals surface area contributed by atoms with Crippen molar-refractivity contribution < 1.29 is 5.11 Å². The Labute approximate surface area is 177 Å². The second kappa shape index (κ2) is 8.05. The summed E-state index contributed by atoms with van der Waals surface area (Å²) in [6.07, 6.45) is 1.23. The average Bonchev–Trinajstić information content (AvgIpc) is 3.20. The smallest absolute Gasteiger partial charge is 0.140 e. The fourth-order valence-corrected chi connectivity index (χ4v) is 4.68. The van der Waals surface area contributed by atoms with Gasteiger partial charge in [0.05, 0.1) is 17.7 Å². The van der Waals surface area contributed by atoms with Crippen LogP contribution < -0.4 is 4.90 Å². The number of para-hydroxylation sites is 1. The molecule has 2 unspecified atom stereocenters. The van der Waals surface area contributed by atoms with Gasteiger partial charge < -0.3 is 14.9 Å². The summed E-state index contributed by atoms with van der Waals surface area (Å²) in [4.78, 5) is 15.9. The lowest BCUT2D eigenvalue weighted by atomic mass is 10.1. The topological polar surface area (TPSA) is 55.7 Å². The number of piperazine rings is 1. The summed E-state index contributed by atoms with van der Waals surface area (Å²) >= 11 is 0. The van der Waals surface area contributed by atoms with Crippen LogP contribution in [-0.4, -0.2) is 76.3 Å². The van der Waals surface area contributed by atoms with Crippen LogP contribution >= 0.6 is 0 Å². The number of aliphatic hydroxyl groups is 1. The van der Waals surface area contributed by atoms with Crippen LogP contribution in [0.4, 0.5) is 5.82 Å². The first kappa shape index (κ1) is 19.0. The molecule has 2 saturated heterocycles. The standard InChI is InChI=1S/C24H27N5O/c1-18(19-7-3-2-4-8-19)27-11-13-28(14-12-27)22-15-29(16-23(22)30)24-20-9-5-6-10-21(20)25-17-26-24/h2-10,17,22-23,30H,1,11-16H2. The van der Waals surface area contributed by atoms with Gasteiger partial charge in [0.1, 0.15) is 12.1 Å². The fourth-order valence-electron chi connectivity index (χ4n) is 4.68. The molecule has 6 nitrogen and oxygen atoms in total. The molecule has 154 valence electrons. The summed E-state index contributed by atoms with van der Waals surface area (Å²) < 4.78 is 0. The highest BCUT2D eigenvalue weighted by atomic mass is 16.3. The van der Waals surface area contributed by atoms with Crippen LogP contribution in [-0.2, 0) is 0 Å². The minimum atomic E-state index is -0.386. The van der Waals surface area contributed by atoms with Crippen molar-refractivity contribution >= 4 is 22.4 Å². The van der Waals surface area contributed by atoms with Crippen LogP contribution in [0.15, 0.2) is 67.5 Å². The summed E-state index contributed by atoms with van der Waals surface area (Å²) in [7, 11) is 0. The normalized spacial score (nSPS) is 22.6. The van der Waals surface area contributed by atoms with Crippen molar-refractivity contribution in [3.63, 3.8) is 0 Å². The van der Waals surface area contributed by atoms with E-state index in [1.807, 2.05) is 24.3 Å². The molecule has 0 aliphatic carbocycles. The zero-order valence-corrected chi connectivity index (χ0v) is 17.1. The van der Waals surface area contributed by atoms with Crippen molar-refractivity contribution in [3.8, 4) is 0 Å². The quantitative estimate of drug-likeness (QED) is 0.725. The molecular formula is C24H27N5O. The third-order valence-corrected chi connectivity index (χ3v) is 6.35. The van der Waals surface area contributed by atoms with E-state index in [1.54, 1.807) is 6.33 Å². The summed E-state index contributed by atoms with van der Waals surface area (Å²) in [5, 5.41) is 11.9. The van der Waals surface area contributed by atoms with Gasteiger partial charge in [-0.3, -0.25) is 4.90 Å². The minimum Gasteiger partial charge on any atom is -0.390 e. The lowest BCUT2D eigenvalue weighted by molar-refractivity contribution is 0.0578. The number of aromatic nitrogens is 2. The van der Waals surface area contributed by atoms with Gasteiger partial charge in [0.2, 0.25) is 0 Å². The summed E-state index contributed by atoms with van der Waals surface area (Å²) in [6.45, 7) is 9.37. The lowest BCUT2D eigenvalue weighted by Gasteiger charge is -2.40. The molecule has 1 N–H and O–H groups in total. The van der Waals surface area contributed by atoms with Gasteiger partial charge in [-0.2, -0.15) is 0 Å². The Bertz CT molecular complexity index is 1030. The van der Waals surface area contributed by atoms with Crippen LogP contribution in [0.5, 0.6) is 0 Å². The molecule has 2 atom stereocenters. The van der Waals surface area contributed by atoms with Crippen LogP contribution in [0.3, 0.4) is 0 Å². The molecule has 2 aliphatic rings. The molecule has 2 aromatic carbocycles. The number of benzene rings is 2. The number of rotatable bonds is 4. The van der Waals surface area contributed by atoms with Gasteiger partial charge >= 0.3 is 0 Å². The number of β-amino-alcohol motifs (C(OH)–C–C–N with tert-alkyl or cyclic N) is 1. The molecule has 2 aliphatic heterocycles. The lowest BCUT2D eigenvalue weighted by Crippen LogP contribution is -2.53. The largest absolute Gasteiger partial charge is 0.390 e. The van der Waals surface area contributed by atoms with E-state index in [4.69, 9.17) is 0 Å². The van der Waals surface area contributed by atoms with E-state index in [0.29, 0.717) is 6.54 Å². The van der Waals surface area contributed by atoms with Gasteiger partial charge in [0.15, 0.2) is 0 Å². The van der Waals surface area contributed by atoms with Crippen LogP contribution in [0.2, 0.25) is 0 Å². The average molecular weight is 402 g/mol. The summed E-state index contributed by atoms with van der Waals surface area (Å²) in [5.41, 5.74) is 3.19. The Kier molecular flexibility index (Phi) is 5.11. The Morgan fingerprint density at radius 1 is 0.900 bits per heavy atom. The number of aliphatic hydroxyl groups excluding tert-OH is 1. The zero-order valence-electron chi connectivity index (χ0n) is 17.1. The maximum absolute atomic E-state index is 10.8.